The van der Waals surface area contributed by atoms with Gasteiger partial charge in [-0.2, -0.15) is 0 Å². The third kappa shape index (κ3) is 4.72. The van der Waals surface area contributed by atoms with E-state index in [0.717, 1.165) is 0 Å². The molecule has 0 aromatic heterocycles. The van der Waals surface area contributed by atoms with Gasteiger partial charge in [-0.15, -0.1) is 0 Å². The van der Waals surface area contributed by atoms with Crippen LogP contribution in [0.4, 0.5) is 0 Å². The van der Waals surface area contributed by atoms with Crippen molar-refractivity contribution in [3.63, 3.8) is 0 Å². The summed E-state index contributed by atoms with van der Waals surface area (Å²) in [6.45, 7) is 4.74. The number of carboxylic acids is 1. The summed E-state index contributed by atoms with van der Waals surface area (Å²) in [5.74, 6) is -1.47. The smallest absolute Gasteiger partial charge is 0.326 e. The molecule has 2 amide bonds. The Morgan fingerprint density at radius 2 is 1.88 bits per heavy atom. The molecule has 2 rings (SSSR count). The fourth-order valence-corrected chi connectivity index (χ4v) is 2.25. The van der Waals surface area contributed by atoms with Crippen LogP contribution in [0, 0.1) is 5.92 Å². The molecule has 25 heavy (non-hydrogen) atoms. The van der Waals surface area contributed by atoms with Gasteiger partial charge in [0.2, 0.25) is 12.7 Å². The minimum Gasteiger partial charge on any atom is -0.480 e. The number of aliphatic carboxylic acids is 1. The second kappa shape index (κ2) is 7.69. The van der Waals surface area contributed by atoms with Crippen LogP contribution in [0.2, 0.25) is 0 Å². The number of amides is 2. The number of carboxylic acid groups (broad SMARTS) is 1. The summed E-state index contributed by atoms with van der Waals surface area (Å²) in [6.07, 6.45) is 1.44. The Balaban J connectivity index is 2.27. The monoisotopic (exact) mass is 348 g/mol. The third-order valence-electron chi connectivity index (χ3n) is 3.48. The number of nitrogens with one attached hydrogen (secondary N) is 2. The Kier molecular flexibility index (Phi) is 5.63. The highest BCUT2D eigenvalue weighted by Gasteiger charge is 2.25. The summed E-state index contributed by atoms with van der Waals surface area (Å²) in [5, 5.41) is 14.0. The summed E-state index contributed by atoms with van der Waals surface area (Å²) in [4.78, 5) is 35.1. The molecule has 1 aromatic rings. The van der Waals surface area contributed by atoms with Gasteiger partial charge in [0.15, 0.2) is 11.5 Å². The molecule has 1 unspecified atom stereocenters. The zero-order chi connectivity index (χ0) is 18.6. The number of ether oxygens (including phenoxy) is 2. The average Bonchev–Trinajstić information content (AvgIpc) is 2.98. The van der Waals surface area contributed by atoms with Gasteiger partial charge in [0.05, 0.1) is 0 Å². The first-order chi connectivity index (χ1) is 11.8. The number of carbonyl (C=O) groups excluding carboxylic acids is 2. The summed E-state index contributed by atoms with van der Waals surface area (Å²) >= 11 is 0. The maximum absolute atomic E-state index is 12.4. The van der Waals surface area contributed by atoms with Crippen molar-refractivity contribution >= 4 is 23.9 Å². The van der Waals surface area contributed by atoms with Crippen LogP contribution < -0.4 is 20.1 Å². The molecule has 134 valence electrons. The van der Waals surface area contributed by atoms with E-state index >= 15 is 0 Å². The van der Waals surface area contributed by atoms with Crippen LogP contribution in [0.15, 0.2) is 23.9 Å². The lowest BCUT2D eigenvalue weighted by molar-refractivity contribution is -0.142. The van der Waals surface area contributed by atoms with E-state index in [1.165, 1.54) is 13.0 Å². The first-order valence-electron chi connectivity index (χ1n) is 7.70. The van der Waals surface area contributed by atoms with Crippen molar-refractivity contribution in [1.29, 1.82) is 0 Å². The Morgan fingerprint density at radius 1 is 1.20 bits per heavy atom. The molecule has 1 heterocycles. The van der Waals surface area contributed by atoms with E-state index < -0.39 is 23.8 Å². The zero-order valence-corrected chi connectivity index (χ0v) is 14.2. The molecule has 1 aliphatic heterocycles. The van der Waals surface area contributed by atoms with Gasteiger partial charge in [0.1, 0.15) is 11.7 Å². The molecule has 8 heteroatoms. The quantitative estimate of drug-likeness (QED) is 0.664. The van der Waals surface area contributed by atoms with E-state index in [-0.39, 0.29) is 18.4 Å². The molecule has 8 nitrogen and oxygen atoms in total. The first-order valence-corrected chi connectivity index (χ1v) is 7.70. The minimum atomic E-state index is -1.14. The fraction of sp³-hybridized carbons (Fsp3) is 0.353. The van der Waals surface area contributed by atoms with Gasteiger partial charge in [0, 0.05) is 6.92 Å². The molecule has 0 aliphatic carbocycles. The summed E-state index contributed by atoms with van der Waals surface area (Å²) < 4.78 is 10.5. The van der Waals surface area contributed by atoms with Gasteiger partial charge in [-0.25, -0.2) is 4.79 Å². The number of fused-ring (bicyclic) bond motifs is 1. The lowest BCUT2D eigenvalue weighted by atomic mass is 10.0. The maximum Gasteiger partial charge on any atom is 0.326 e. The highest BCUT2D eigenvalue weighted by molar-refractivity contribution is 6.02. The van der Waals surface area contributed by atoms with Crippen LogP contribution >= 0.6 is 0 Å². The fourth-order valence-electron chi connectivity index (χ4n) is 2.25. The summed E-state index contributed by atoms with van der Waals surface area (Å²) in [5.41, 5.74) is 0.540. The lowest BCUT2D eigenvalue weighted by Gasteiger charge is -2.19. The predicted molar refractivity (Wildman–Crippen MR) is 88.8 cm³/mol. The third-order valence-corrected chi connectivity index (χ3v) is 3.48. The number of hydrogen-bond acceptors (Lipinski definition) is 5. The van der Waals surface area contributed by atoms with Crippen molar-refractivity contribution in [2.45, 2.75) is 26.8 Å². The molecule has 1 atom stereocenters. The number of rotatable bonds is 6. The summed E-state index contributed by atoms with van der Waals surface area (Å²) in [7, 11) is 0. The molecule has 0 saturated heterocycles. The van der Waals surface area contributed by atoms with Crippen LogP contribution in [-0.2, 0) is 14.4 Å². The van der Waals surface area contributed by atoms with E-state index in [1.54, 1.807) is 32.0 Å². The number of hydrogen-bond donors (Lipinski definition) is 3. The van der Waals surface area contributed by atoms with Crippen molar-refractivity contribution < 1.29 is 29.0 Å². The standard InChI is InChI=1S/C17H20N2O6/c1-9(2)15(17(22)23)19-16(21)12(18-10(3)20)6-11-4-5-13-14(7-11)25-8-24-13/h4-7,9,15H,8H2,1-3H3,(H,18,20)(H,19,21)(H,22,23). The second-order valence-corrected chi connectivity index (χ2v) is 5.89. The molecule has 1 aromatic carbocycles. The molecule has 0 bridgehead atoms. The molecule has 1 aliphatic rings. The molecule has 0 radical (unpaired) electrons. The Labute approximate surface area is 144 Å². The van der Waals surface area contributed by atoms with E-state index in [9.17, 15) is 19.5 Å². The zero-order valence-electron chi connectivity index (χ0n) is 14.2. The van der Waals surface area contributed by atoms with Gasteiger partial charge in [0.25, 0.3) is 5.91 Å². The summed E-state index contributed by atoms with van der Waals surface area (Å²) in [6, 6.07) is 3.97. The van der Waals surface area contributed by atoms with Crippen LogP contribution in [-0.4, -0.2) is 35.7 Å². The second-order valence-electron chi connectivity index (χ2n) is 5.89. The van der Waals surface area contributed by atoms with E-state index in [1.807, 2.05) is 0 Å². The topological polar surface area (TPSA) is 114 Å². The van der Waals surface area contributed by atoms with E-state index in [4.69, 9.17) is 9.47 Å². The molecule has 0 fully saturated rings. The number of carbonyl (C=O) groups is 3. The molecule has 0 spiro atoms. The predicted octanol–water partition coefficient (Wildman–Crippen LogP) is 1.12. The van der Waals surface area contributed by atoms with Gasteiger partial charge < -0.3 is 25.2 Å². The highest BCUT2D eigenvalue weighted by atomic mass is 16.7. The van der Waals surface area contributed by atoms with Crippen molar-refractivity contribution in [3.8, 4) is 11.5 Å². The van der Waals surface area contributed by atoms with Crippen molar-refractivity contribution in [2.75, 3.05) is 6.79 Å². The Morgan fingerprint density at radius 3 is 2.48 bits per heavy atom. The van der Waals surface area contributed by atoms with Gasteiger partial charge in [-0.1, -0.05) is 19.9 Å². The van der Waals surface area contributed by atoms with Crippen LogP contribution in [0.5, 0.6) is 11.5 Å². The van der Waals surface area contributed by atoms with E-state index in [2.05, 4.69) is 10.6 Å². The average molecular weight is 348 g/mol. The van der Waals surface area contributed by atoms with Crippen molar-refractivity contribution in [2.24, 2.45) is 5.92 Å². The number of benzene rings is 1. The van der Waals surface area contributed by atoms with Crippen molar-refractivity contribution in [1.82, 2.24) is 10.6 Å². The lowest BCUT2D eigenvalue weighted by Crippen LogP contribution is -2.46. The van der Waals surface area contributed by atoms with Gasteiger partial charge in [-0.05, 0) is 29.7 Å². The normalized spacial score (nSPS) is 14.2. The SMILES string of the molecule is CC(=O)NC(=Cc1ccc2c(c1)OCO2)C(=O)NC(C(=O)O)C(C)C. The van der Waals surface area contributed by atoms with Crippen LogP contribution in [0.1, 0.15) is 26.3 Å². The van der Waals surface area contributed by atoms with E-state index in [0.29, 0.717) is 17.1 Å². The minimum absolute atomic E-state index is 0.0572. The Hall–Kier alpha value is -3.03. The molecule has 3 N–H and O–H groups in total. The maximum atomic E-state index is 12.4. The van der Waals surface area contributed by atoms with Crippen LogP contribution in [0.25, 0.3) is 6.08 Å². The first kappa shape index (κ1) is 18.3. The van der Waals surface area contributed by atoms with Gasteiger partial charge in [-0.3, -0.25) is 9.59 Å². The Bertz CT molecular complexity index is 726. The largest absolute Gasteiger partial charge is 0.480 e. The molecular weight excluding hydrogens is 328 g/mol. The molecular formula is C17H20N2O6. The van der Waals surface area contributed by atoms with Gasteiger partial charge >= 0.3 is 5.97 Å². The van der Waals surface area contributed by atoms with Crippen molar-refractivity contribution in [3.05, 3.63) is 29.5 Å². The van der Waals surface area contributed by atoms with Crippen LogP contribution in [0.3, 0.4) is 0 Å². The highest BCUT2D eigenvalue weighted by Crippen LogP contribution is 2.33. The molecule has 0 saturated carbocycles.